The summed E-state index contributed by atoms with van der Waals surface area (Å²) in [5, 5.41) is 19.8. The molecule has 4 nitrogen and oxygen atoms in total. The number of carboxylic acids is 1. The standard InChI is InChI=1S/C16H10ClNO3/c17-11-6-7-13(19)15-14(11)10(16(20)21)8-12(18-15)9-4-2-1-3-5-9/h1-8,19H,(H,20,21). The van der Waals surface area contributed by atoms with E-state index in [4.69, 9.17) is 11.6 Å². The van der Waals surface area contributed by atoms with Gasteiger partial charge in [0.2, 0.25) is 0 Å². The molecule has 1 heterocycles. The number of aromatic hydroxyl groups is 1. The van der Waals surface area contributed by atoms with Crippen LogP contribution in [0.15, 0.2) is 48.5 Å². The van der Waals surface area contributed by atoms with Gasteiger partial charge in [-0.05, 0) is 18.2 Å². The van der Waals surface area contributed by atoms with Gasteiger partial charge in [0, 0.05) is 10.9 Å². The molecule has 0 spiro atoms. The van der Waals surface area contributed by atoms with E-state index >= 15 is 0 Å². The highest BCUT2D eigenvalue weighted by atomic mass is 35.5. The van der Waals surface area contributed by atoms with Crippen molar-refractivity contribution in [1.82, 2.24) is 4.98 Å². The van der Waals surface area contributed by atoms with Crippen molar-refractivity contribution in [2.75, 3.05) is 0 Å². The Morgan fingerprint density at radius 2 is 1.81 bits per heavy atom. The van der Waals surface area contributed by atoms with E-state index in [1.54, 1.807) is 0 Å². The largest absolute Gasteiger partial charge is 0.506 e. The first-order valence-electron chi connectivity index (χ1n) is 6.19. The summed E-state index contributed by atoms with van der Waals surface area (Å²) < 4.78 is 0. The number of aromatic carboxylic acids is 1. The highest BCUT2D eigenvalue weighted by molar-refractivity contribution is 6.37. The van der Waals surface area contributed by atoms with Gasteiger partial charge in [-0.3, -0.25) is 0 Å². The molecule has 104 valence electrons. The maximum atomic E-state index is 11.5. The van der Waals surface area contributed by atoms with Gasteiger partial charge in [0.1, 0.15) is 11.3 Å². The highest BCUT2D eigenvalue weighted by Crippen LogP contribution is 2.34. The average Bonchev–Trinajstić information content (AvgIpc) is 2.51. The van der Waals surface area contributed by atoms with E-state index in [0.29, 0.717) is 5.69 Å². The van der Waals surface area contributed by atoms with Crippen LogP contribution in [0.4, 0.5) is 0 Å². The third kappa shape index (κ3) is 2.30. The van der Waals surface area contributed by atoms with E-state index < -0.39 is 5.97 Å². The number of fused-ring (bicyclic) bond motifs is 1. The topological polar surface area (TPSA) is 70.4 Å². The Morgan fingerprint density at radius 3 is 2.48 bits per heavy atom. The molecule has 1 aromatic heterocycles. The van der Waals surface area contributed by atoms with E-state index in [9.17, 15) is 15.0 Å². The highest BCUT2D eigenvalue weighted by Gasteiger charge is 2.17. The number of rotatable bonds is 2. The molecule has 0 aliphatic carbocycles. The minimum absolute atomic E-state index is 0.0137. The fourth-order valence-electron chi connectivity index (χ4n) is 2.21. The third-order valence-corrected chi connectivity index (χ3v) is 3.50. The number of pyridine rings is 1. The second-order valence-electron chi connectivity index (χ2n) is 4.52. The van der Waals surface area contributed by atoms with Crippen molar-refractivity contribution in [3.05, 3.63) is 59.1 Å². The minimum atomic E-state index is -1.12. The molecule has 0 amide bonds. The Balaban J connectivity index is 2.41. The molecule has 3 rings (SSSR count). The first kappa shape index (κ1) is 13.4. The molecule has 0 bridgehead atoms. The number of aromatic nitrogens is 1. The fourth-order valence-corrected chi connectivity index (χ4v) is 2.47. The van der Waals surface area contributed by atoms with Crippen molar-refractivity contribution in [3.8, 4) is 17.0 Å². The number of halogens is 1. The summed E-state index contributed by atoms with van der Waals surface area (Å²) in [6.07, 6.45) is 0. The lowest BCUT2D eigenvalue weighted by molar-refractivity contribution is 0.0699. The lowest BCUT2D eigenvalue weighted by Crippen LogP contribution is -2.01. The average molecular weight is 300 g/mol. The third-order valence-electron chi connectivity index (χ3n) is 3.19. The summed E-state index contributed by atoms with van der Waals surface area (Å²) in [7, 11) is 0. The lowest BCUT2D eigenvalue weighted by atomic mass is 10.0. The molecule has 0 unspecified atom stereocenters. The molecule has 0 saturated heterocycles. The van der Waals surface area contributed by atoms with Crippen LogP contribution in [0.2, 0.25) is 5.02 Å². The molecule has 3 aromatic rings. The molecule has 21 heavy (non-hydrogen) atoms. The van der Waals surface area contributed by atoms with Crippen LogP contribution in [-0.2, 0) is 0 Å². The Hall–Kier alpha value is -2.59. The second kappa shape index (κ2) is 5.07. The van der Waals surface area contributed by atoms with Gasteiger partial charge in [0.15, 0.2) is 0 Å². The molecule has 2 aromatic carbocycles. The first-order valence-corrected chi connectivity index (χ1v) is 6.56. The summed E-state index contributed by atoms with van der Waals surface area (Å²) in [6.45, 7) is 0. The Morgan fingerprint density at radius 1 is 1.10 bits per heavy atom. The second-order valence-corrected chi connectivity index (χ2v) is 4.92. The SMILES string of the molecule is O=C(O)c1cc(-c2ccccc2)nc2c(O)ccc(Cl)c12. The summed E-state index contributed by atoms with van der Waals surface area (Å²) >= 11 is 6.06. The summed E-state index contributed by atoms with van der Waals surface area (Å²) in [5.41, 5.74) is 1.43. The van der Waals surface area contributed by atoms with E-state index in [1.165, 1.54) is 18.2 Å². The van der Waals surface area contributed by atoms with E-state index in [2.05, 4.69) is 4.98 Å². The zero-order valence-corrected chi connectivity index (χ0v) is 11.5. The Kier molecular flexibility index (Phi) is 3.23. The van der Waals surface area contributed by atoms with Gasteiger partial charge in [0.25, 0.3) is 0 Å². The van der Waals surface area contributed by atoms with Crippen LogP contribution >= 0.6 is 11.6 Å². The van der Waals surface area contributed by atoms with Crippen LogP contribution in [0.3, 0.4) is 0 Å². The van der Waals surface area contributed by atoms with E-state index in [0.717, 1.165) is 5.56 Å². The van der Waals surface area contributed by atoms with E-state index in [-0.39, 0.29) is 27.2 Å². The number of phenols is 1. The molecule has 0 aliphatic rings. The van der Waals surface area contributed by atoms with Crippen LogP contribution in [0, 0.1) is 0 Å². The van der Waals surface area contributed by atoms with E-state index in [1.807, 2.05) is 30.3 Å². The number of carboxylic acid groups (broad SMARTS) is 1. The van der Waals surface area contributed by atoms with Crippen molar-refractivity contribution in [2.45, 2.75) is 0 Å². The quantitative estimate of drug-likeness (QED) is 0.751. The Bertz CT molecular complexity index is 847. The number of nitrogens with zero attached hydrogens (tertiary/aromatic N) is 1. The first-order chi connectivity index (χ1) is 10.1. The zero-order valence-electron chi connectivity index (χ0n) is 10.7. The molecular formula is C16H10ClNO3. The Labute approximate surface area is 125 Å². The van der Waals surface area contributed by atoms with Crippen molar-refractivity contribution < 1.29 is 15.0 Å². The maximum Gasteiger partial charge on any atom is 0.336 e. The van der Waals surface area contributed by atoms with Crippen LogP contribution < -0.4 is 0 Å². The van der Waals surface area contributed by atoms with Gasteiger partial charge in [0.05, 0.1) is 16.3 Å². The van der Waals surface area contributed by atoms with Crippen LogP contribution in [-0.4, -0.2) is 21.2 Å². The summed E-state index contributed by atoms with van der Waals surface area (Å²) in [6, 6.07) is 13.5. The number of hydrogen-bond donors (Lipinski definition) is 2. The molecule has 0 fully saturated rings. The molecule has 5 heteroatoms. The maximum absolute atomic E-state index is 11.5. The van der Waals surface area contributed by atoms with Crippen molar-refractivity contribution >= 4 is 28.5 Å². The summed E-state index contributed by atoms with van der Waals surface area (Å²) in [4.78, 5) is 15.8. The number of hydrogen-bond acceptors (Lipinski definition) is 3. The normalized spacial score (nSPS) is 10.7. The van der Waals surface area contributed by atoms with Gasteiger partial charge in [-0.1, -0.05) is 41.9 Å². The van der Waals surface area contributed by atoms with Gasteiger partial charge in [-0.25, -0.2) is 9.78 Å². The van der Waals surface area contributed by atoms with Gasteiger partial charge >= 0.3 is 5.97 Å². The van der Waals surface area contributed by atoms with Crippen molar-refractivity contribution in [1.29, 1.82) is 0 Å². The molecule has 0 radical (unpaired) electrons. The predicted molar refractivity (Wildman–Crippen MR) is 80.8 cm³/mol. The smallest absolute Gasteiger partial charge is 0.336 e. The predicted octanol–water partition coefficient (Wildman–Crippen LogP) is 3.96. The van der Waals surface area contributed by atoms with Crippen LogP contribution in [0.5, 0.6) is 5.75 Å². The van der Waals surface area contributed by atoms with Crippen LogP contribution in [0.25, 0.3) is 22.2 Å². The number of benzene rings is 2. The van der Waals surface area contributed by atoms with Gasteiger partial charge in [-0.2, -0.15) is 0 Å². The molecule has 2 N–H and O–H groups in total. The fraction of sp³-hybridized carbons (Fsp3) is 0. The molecule has 0 aliphatic heterocycles. The molecule has 0 saturated carbocycles. The summed E-state index contributed by atoms with van der Waals surface area (Å²) in [5.74, 6) is -1.22. The molecule has 0 atom stereocenters. The lowest BCUT2D eigenvalue weighted by Gasteiger charge is -2.09. The monoisotopic (exact) mass is 299 g/mol. The number of carbonyl (C=O) groups is 1. The van der Waals surface area contributed by atoms with Gasteiger partial charge in [-0.15, -0.1) is 0 Å². The molecular weight excluding hydrogens is 290 g/mol. The number of phenolic OH excluding ortho intramolecular Hbond substituents is 1. The zero-order chi connectivity index (χ0) is 15.0. The van der Waals surface area contributed by atoms with Gasteiger partial charge < -0.3 is 10.2 Å². The van der Waals surface area contributed by atoms with Crippen molar-refractivity contribution in [2.24, 2.45) is 0 Å². The van der Waals surface area contributed by atoms with Crippen molar-refractivity contribution in [3.63, 3.8) is 0 Å². The minimum Gasteiger partial charge on any atom is -0.506 e. The van der Waals surface area contributed by atoms with Crippen LogP contribution in [0.1, 0.15) is 10.4 Å².